The molecule has 13 heteroatoms. The number of likely N-dealkylation sites (tertiary alicyclic amines) is 1. The molecule has 3 aliphatic rings. The summed E-state index contributed by atoms with van der Waals surface area (Å²) in [6, 6.07) is -0.264. The number of amides is 2. The molecule has 2 amide bonds. The molecule has 1 aliphatic carbocycles. The largest absolute Gasteiger partial charge is 0.490 e. The zero-order chi connectivity index (χ0) is 23.0. The topological polar surface area (TPSA) is 128 Å². The van der Waals surface area contributed by atoms with E-state index in [1.807, 2.05) is 11.9 Å². The number of aromatic nitrogens is 2. The van der Waals surface area contributed by atoms with Gasteiger partial charge in [0.25, 0.3) is 5.91 Å². The Morgan fingerprint density at radius 1 is 1.26 bits per heavy atom. The van der Waals surface area contributed by atoms with Gasteiger partial charge < -0.3 is 20.1 Å². The Morgan fingerprint density at radius 3 is 2.45 bits per heavy atom. The number of fused-ring (bicyclic) bond motifs is 1. The Kier molecular flexibility index (Phi) is 6.28. The van der Waals surface area contributed by atoms with Crippen LogP contribution in [0.2, 0.25) is 0 Å². The van der Waals surface area contributed by atoms with Crippen LogP contribution < -0.4 is 5.32 Å². The van der Waals surface area contributed by atoms with Crippen molar-refractivity contribution in [1.29, 1.82) is 0 Å². The molecular weight excluding hydrogens is 423 g/mol. The van der Waals surface area contributed by atoms with E-state index >= 15 is 0 Å². The van der Waals surface area contributed by atoms with Gasteiger partial charge in [-0.2, -0.15) is 18.3 Å². The second kappa shape index (κ2) is 8.46. The first-order valence-corrected chi connectivity index (χ1v) is 9.69. The van der Waals surface area contributed by atoms with Gasteiger partial charge in [-0.3, -0.25) is 19.6 Å². The van der Waals surface area contributed by atoms with Gasteiger partial charge >= 0.3 is 12.1 Å². The minimum atomic E-state index is -5.08. The summed E-state index contributed by atoms with van der Waals surface area (Å²) in [5, 5.41) is 17.0. The van der Waals surface area contributed by atoms with E-state index in [9.17, 15) is 22.8 Å². The standard InChI is InChI=1S/C16H23N5O3.C2HF3O2/c1-17-14(22)12-6-24-16(7-20(12)2)8-21(9-16)15(23)13-10-4-3-5-11(10)18-19-13;3-2(4,5)1(6)7/h12H,3-9H2,1-2H3,(H,17,22)(H,18,19);(H,6,7). The third kappa shape index (κ3) is 4.66. The van der Waals surface area contributed by atoms with Crippen LogP contribution in [0.25, 0.3) is 0 Å². The van der Waals surface area contributed by atoms with Crippen LogP contribution in [-0.2, 0) is 27.2 Å². The lowest BCUT2D eigenvalue weighted by atomic mass is 9.90. The van der Waals surface area contributed by atoms with Crippen molar-refractivity contribution in [3.8, 4) is 0 Å². The molecule has 0 saturated carbocycles. The predicted octanol–water partition coefficient (Wildman–Crippen LogP) is -0.197. The zero-order valence-electron chi connectivity index (χ0n) is 17.1. The highest BCUT2D eigenvalue weighted by molar-refractivity contribution is 5.95. The molecule has 172 valence electrons. The summed E-state index contributed by atoms with van der Waals surface area (Å²) < 4.78 is 37.7. The fourth-order valence-electron chi connectivity index (χ4n) is 4.07. The van der Waals surface area contributed by atoms with Gasteiger partial charge in [-0.1, -0.05) is 0 Å². The van der Waals surface area contributed by atoms with E-state index in [4.69, 9.17) is 14.6 Å². The Hall–Kier alpha value is -2.67. The van der Waals surface area contributed by atoms with Crippen molar-refractivity contribution >= 4 is 17.8 Å². The number of aromatic amines is 1. The number of carboxylic acids is 1. The lowest BCUT2D eigenvalue weighted by Crippen LogP contribution is -2.73. The lowest BCUT2D eigenvalue weighted by Gasteiger charge is -2.54. The first-order chi connectivity index (χ1) is 14.5. The van der Waals surface area contributed by atoms with Crippen molar-refractivity contribution in [3.63, 3.8) is 0 Å². The molecule has 3 N–H and O–H groups in total. The highest BCUT2D eigenvalue weighted by Gasteiger charge is 2.51. The van der Waals surface area contributed by atoms with E-state index in [1.54, 1.807) is 11.9 Å². The monoisotopic (exact) mass is 447 g/mol. The van der Waals surface area contributed by atoms with E-state index in [1.165, 1.54) is 0 Å². The van der Waals surface area contributed by atoms with E-state index < -0.39 is 12.1 Å². The smallest absolute Gasteiger partial charge is 0.475 e. The molecule has 0 bridgehead atoms. The number of alkyl halides is 3. The number of morpholine rings is 1. The van der Waals surface area contributed by atoms with Crippen LogP contribution in [0.15, 0.2) is 0 Å². The summed E-state index contributed by atoms with van der Waals surface area (Å²) in [4.78, 5) is 37.2. The molecule has 31 heavy (non-hydrogen) atoms. The van der Waals surface area contributed by atoms with Crippen molar-refractivity contribution in [1.82, 2.24) is 25.3 Å². The van der Waals surface area contributed by atoms with Crippen LogP contribution in [0.4, 0.5) is 13.2 Å². The summed E-state index contributed by atoms with van der Waals surface area (Å²) >= 11 is 0. The first-order valence-electron chi connectivity index (χ1n) is 9.69. The number of halogens is 3. The molecule has 0 aromatic carbocycles. The average Bonchev–Trinajstić information content (AvgIpc) is 3.28. The molecule has 2 saturated heterocycles. The second-order valence-electron chi connectivity index (χ2n) is 7.89. The maximum atomic E-state index is 12.7. The van der Waals surface area contributed by atoms with Gasteiger partial charge in [0.1, 0.15) is 11.6 Å². The number of rotatable bonds is 2. The number of likely N-dealkylation sites (N-methyl/N-ethyl adjacent to an activating group) is 2. The second-order valence-corrected chi connectivity index (χ2v) is 7.89. The van der Waals surface area contributed by atoms with Gasteiger partial charge in [-0.15, -0.1) is 0 Å². The van der Waals surface area contributed by atoms with Crippen molar-refractivity contribution in [2.24, 2.45) is 0 Å². The number of carboxylic acid groups (broad SMARTS) is 1. The fourth-order valence-corrected chi connectivity index (χ4v) is 4.07. The van der Waals surface area contributed by atoms with Crippen LogP contribution in [-0.4, -0.2) is 101 Å². The van der Waals surface area contributed by atoms with Gasteiger partial charge in [0.2, 0.25) is 5.91 Å². The number of hydrogen-bond acceptors (Lipinski definition) is 6. The van der Waals surface area contributed by atoms with Crippen LogP contribution in [0.5, 0.6) is 0 Å². The molecule has 2 aliphatic heterocycles. The number of aryl methyl sites for hydroxylation is 1. The Balaban J connectivity index is 0.000000339. The zero-order valence-corrected chi connectivity index (χ0v) is 17.1. The van der Waals surface area contributed by atoms with Crippen molar-refractivity contribution in [2.75, 3.05) is 40.3 Å². The normalized spacial score (nSPS) is 22.2. The number of nitrogens with one attached hydrogen (secondary N) is 2. The molecule has 1 unspecified atom stereocenters. The van der Waals surface area contributed by atoms with Gasteiger partial charge in [-0.25, -0.2) is 4.79 Å². The molecule has 1 aromatic heterocycles. The first kappa shape index (κ1) is 23.0. The van der Waals surface area contributed by atoms with E-state index in [-0.39, 0.29) is 23.5 Å². The number of carbonyl (C=O) groups excluding carboxylic acids is 2. The molecule has 1 atom stereocenters. The summed E-state index contributed by atoms with van der Waals surface area (Å²) in [7, 11) is 3.56. The summed E-state index contributed by atoms with van der Waals surface area (Å²) in [5.74, 6) is -2.81. The number of H-pyrrole nitrogens is 1. The third-order valence-corrected chi connectivity index (χ3v) is 5.66. The van der Waals surface area contributed by atoms with Crippen LogP contribution >= 0.6 is 0 Å². The molecular formula is C18H24F3N5O5. The number of ether oxygens (including phenoxy) is 1. The van der Waals surface area contributed by atoms with Crippen molar-refractivity contribution < 1.29 is 37.4 Å². The van der Waals surface area contributed by atoms with Gasteiger partial charge in [0.05, 0.1) is 19.7 Å². The summed E-state index contributed by atoms with van der Waals surface area (Å²) in [5.41, 5.74) is 2.41. The quantitative estimate of drug-likeness (QED) is 0.573. The average molecular weight is 447 g/mol. The van der Waals surface area contributed by atoms with E-state index in [0.29, 0.717) is 31.9 Å². The molecule has 3 heterocycles. The molecule has 1 spiro atoms. The predicted molar refractivity (Wildman–Crippen MR) is 99.4 cm³/mol. The van der Waals surface area contributed by atoms with Crippen LogP contribution in [0.1, 0.15) is 28.2 Å². The molecule has 4 rings (SSSR count). The SMILES string of the molecule is CNC(=O)C1COC2(CN(C(=O)c3n[nH]c4c3CCC4)C2)CN1C.O=C(O)C(F)(F)F. The van der Waals surface area contributed by atoms with Gasteiger partial charge in [-0.05, 0) is 26.3 Å². The number of hydrogen-bond donors (Lipinski definition) is 3. The minimum absolute atomic E-state index is 0.0142. The molecule has 0 radical (unpaired) electrons. The Labute approximate surface area is 175 Å². The maximum absolute atomic E-state index is 12.7. The van der Waals surface area contributed by atoms with Gasteiger partial charge in [0, 0.05) is 24.8 Å². The van der Waals surface area contributed by atoms with Gasteiger partial charge in [0.15, 0.2) is 5.69 Å². The number of nitrogens with zero attached hydrogens (tertiary/aromatic N) is 3. The molecule has 1 aromatic rings. The maximum Gasteiger partial charge on any atom is 0.490 e. The highest BCUT2D eigenvalue weighted by Crippen LogP contribution is 2.33. The third-order valence-electron chi connectivity index (χ3n) is 5.66. The summed E-state index contributed by atoms with van der Waals surface area (Å²) in [6.07, 6.45) is -2.09. The lowest BCUT2D eigenvalue weighted by molar-refractivity contribution is -0.192. The fraction of sp³-hybridized carbons (Fsp3) is 0.667. The molecule has 2 fully saturated rings. The van der Waals surface area contributed by atoms with Crippen molar-refractivity contribution in [3.05, 3.63) is 17.0 Å². The summed E-state index contributed by atoms with van der Waals surface area (Å²) in [6.45, 7) is 2.11. The van der Waals surface area contributed by atoms with E-state index in [0.717, 1.165) is 30.5 Å². The van der Waals surface area contributed by atoms with Crippen LogP contribution in [0.3, 0.4) is 0 Å². The number of carbonyl (C=O) groups is 3. The van der Waals surface area contributed by atoms with Crippen LogP contribution in [0, 0.1) is 0 Å². The minimum Gasteiger partial charge on any atom is -0.475 e. The highest BCUT2D eigenvalue weighted by atomic mass is 19.4. The number of aliphatic carboxylic acids is 1. The van der Waals surface area contributed by atoms with E-state index in [2.05, 4.69) is 15.5 Å². The van der Waals surface area contributed by atoms with Crippen molar-refractivity contribution in [2.45, 2.75) is 37.1 Å². The Morgan fingerprint density at radius 2 is 1.90 bits per heavy atom. The Bertz CT molecular complexity index is 865. The molecule has 10 nitrogen and oxygen atoms in total.